The van der Waals surface area contributed by atoms with Gasteiger partial charge in [0.25, 0.3) is 0 Å². The summed E-state index contributed by atoms with van der Waals surface area (Å²) in [6.45, 7) is 4.53. The topological polar surface area (TPSA) is 0 Å². The van der Waals surface area contributed by atoms with E-state index in [-0.39, 0.29) is 0 Å². The van der Waals surface area contributed by atoms with E-state index in [0.717, 1.165) is 0 Å². The molecule has 0 spiro atoms. The monoisotopic (exact) mass is 299 g/mol. The minimum absolute atomic E-state index is 1.37. The van der Waals surface area contributed by atoms with E-state index in [9.17, 15) is 26.3 Å². The van der Waals surface area contributed by atoms with Gasteiger partial charge in [-0.15, -0.1) is 26.3 Å². The first-order valence-corrected chi connectivity index (χ1v) is 6.89. The van der Waals surface area contributed by atoms with Crippen molar-refractivity contribution in [3.8, 4) is 0 Å². The first-order chi connectivity index (χ1) is 8.12. The van der Waals surface area contributed by atoms with Crippen molar-refractivity contribution in [3.63, 3.8) is 0 Å². The average Bonchev–Trinajstić information content (AvgIpc) is 2.13. The van der Waals surface area contributed by atoms with E-state index in [1.165, 1.54) is 44.9 Å². The van der Waals surface area contributed by atoms with E-state index in [0.29, 0.717) is 0 Å². The zero-order chi connectivity index (χ0) is 14.7. The third-order valence-electron chi connectivity index (χ3n) is 1.96. The molecule has 0 nitrogen and oxygen atoms in total. The van der Waals surface area contributed by atoms with Crippen LogP contribution in [-0.4, -0.2) is 11.0 Å². The summed E-state index contributed by atoms with van der Waals surface area (Å²) in [5.74, 6) is 0. The molecule has 0 atom stereocenters. The fourth-order valence-electron chi connectivity index (χ4n) is 1.17. The molecule has 0 radical (unpaired) electrons. The summed E-state index contributed by atoms with van der Waals surface area (Å²) in [5.41, 5.74) is -10.3. The molecule has 0 amide bonds. The SMILES string of the molecule is CCCCCCCCC.FC(F)(F)[SH+]C(F)(F)F. The summed E-state index contributed by atoms with van der Waals surface area (Å²) in [6, 6.07) is 0. The van der Waals surface area contributed by atoms with E-state index in [1.807, 2.05) is 0 Å². The maximum absolute atomic E-state index is 10.8. The highest BCUT2D eigenvalue weighted by Gasteiger charge is 2.56. The van der Waals surface area contributed by atoms with Crippen LogP contribution >= 0.6 is 0 Å². The second-order valence-electron chi connectivity index (χ2n) is 3.82. The Morgan fingerprint density at radius 2 is 0.889 bits per heavy atom. The number of hydrogen-bond donors (Lipinski definition) is 0. The van der Waals surface area contributed by atoms with Gasteiger partial charge >= 0.3 is 11.0 Å². The van der Waals surface area contributed by atoms with Gasteiger partial charge in [0.2, 0.25) is 0 Å². The Labute approximate surface area is 109 Å². The summed E-state index contributed by atoms with van der Waals surface area (Å²) in [4.78, 5) is 0. The predicted octanol–water partition coefficient (Wildman–Crippen LogP) is 5.60. The minimum Gasteiger partial charge on any atom is -0.123 e. The van der Waals surface area contributed by atoms with Gasteiger partial charge in [-0.1, -0.05) is 58.8 Å². The molecule has 0 rings (SSSR count). The van der Waals surface area contributed by atoms with Crippen LogP contribution in [-0.2, 0) is 11.8 Å². The molecule has 0 N–H and O–H groups in total. The normalized spacial score (nSPS) is 12.0. The molecule has 18 heavy (non-hydrogen) atoms. The summed E-state index contributed by atoms with van der Waals surface area (Å²) >= 11 is -2.47. The first kappa shape index (κ1) is 20.3. The van der Waals surface area contributed by atoms with Crippen molar-refractivity contribution in [2.24, 2.45) is 0 Å². The molecule has 0 fully saturated rings. The molecule has 0 aromatic rings. The molecule has 0 aromatic heterocycles. The Kier molecular flexibility index (Phi) is 12.2. The maximum Gasteiger partial charge on any atom is 0.581 e. The molecule has 112 valence electrons. The lowest BCUT2D eigenvalue weighted by molar-refractivity contribution is -0.0721. The summed E-state index contributed by atoms with van der Waals surface area (Å²) in [7, 11) is 0. The maximum atomic E-state index is 10.8. The van der Waals surface area contributed by atoms with Gasteiger partial charge in [0.1, 0.15) is 0 Å². The molecule has 7 heteroatoms. The van der Waals surface area contributed by atoms with Crippen molar-refractivity contribution in [2.75, 3.05) is 0 Å². The van der Waals surface area contributed by atoms with Crippen LogP contribution in [0, 0.1) is 0 Å². The average molecular weight is 299 g/mol. The van der Waals surface area contributed by atoms with Crippen LogP contribution in [0.25, 0.3) is 0 Å². The van der Waals surface area contributed by atoms with E-state index < -0.39 is 22.8 Å². The number of halogens is 6. The second-order valence-corrected chi connectivity index (χ2v) is 5.05. The summed E-state index contributed by atoms with van der Waals surface area (Å²) < 4.78 is 64.9. The molecule has 0 aromatic carbocycles. The van der Waals surface area contributed by atoms with Gasteiger partial charge < -0.3 is 0 Å². The Bertz CT molecular complexity index is 157. The van der Waals surface area contributed by atoms with Gasteiger partial charge in [0, 0.05) is 0 Å². The van der Waals surface area contributed by atoms with Crippen molar-refractivity contribution >= 4 is 11.8 Å². The second kappa shape index (κ2) is 10.8. The highest BCUT2D eigenvalue weighted by atomic mass is 32.2. The molecule has 0 heterocycles. The number of unbranched alkanes of at least 4 members (excludes halogenated alkanes) is 6. The third kappa shape index (κ3) is 24.9. The van der Waals surface area contributed by atoms with Crippen LogP contribution in [0.5, 0.6) is 0 Å². The smallest absolute Gasteiger partial charge is 0.123 e. The minimum atomic E-state index is -5.17. The van der Waals surface area contributed by atoms with Gasteiger partial charge in [0.15, 0.2) is 11.8 Å². The van der Waals surface area contributed by atoms with Crippen LogP contribution < -0.4 is 0 Å². The Balaban J connectivity index is 0. The molecule has 0 saturated heterocycles. The Hall–Kier alpha value is -0.0700. The van der Waals surface area contributed by atoms with Crippen molar-refractivity contribution in [3.05, 3.63) is 0 Å². The summed E-state index contributed by atoms with van der Waals surface area (Å²) in [6.07, 6.45) is 9.97. The van der Waals surface area contributed by atoms with Crippen molar-refractivity contribution < 1.29 is 26.3 Å². The van der Waals surface area contributed by atoms with E-state index in [1.54, 1.807) is 0 Å². The highest BCUT2D eigenvalue weighted by Crippen LogP contribution is 2.29. The summed E-state index contributed by atoms with van der Waals surface area (Å²) in [5, 5.41) is 0. The van der Waals surface area contributed by atoms with Crippen LogP contribution in [0.3, 0.4) is 0 Å². The van der Waals surface area contributed by atoms with E-state index in [4.69, 9.17) is 0 Å². The molecule has 0 aliphatic heterocycles. The number of thiol groups is 1. The molecule has 0 unspecified atom stereocenters. The van der Waals surface area contributed by atoms with E-state index in [2.05, 4.69) is 13.8 Å². The number of hydrogen-bond acceptors (Lipinski definition) is 0. The molecular formula is C11H21F6S+. The van der Waals surface area contributed by atoms with E-state index >= 15 is 0 Å². The zero-order valence-corrected chi connectivity index (χ0v) is 11.6. The lowest BCUT2D eigenvalue weighted by Crippen LogP contribution is -2.23. The Morgan fingerprint density at radius 3 is 1.06 bits per heavy atom. The Morgan fingerprint density at radius 1 is 0.611 bits per heavy atom. The molecule has 0 bridgehead atoms. The largest absolute Gasteiger partial charge is 0.581 e. The van der Waals surface area contributed by atoms with Crippen LogP contribution in [0.1, 0.15) is 58.8 Å². The number of rotatable bonds is 6. The van der Waals surface area contributed by atoms with Crippen molar-refractivity contribution in [1.29, 1.82) is 0 Å². The molecule has 0 aliphatic rings. The molecular weight excluding hydrogens is 278 g/mol. The van der Waals surface area contributed by atoms with Crippen LogP contribution in [0.4, 0.5) is 26.3 Å². The van der Waals surface area contributed by atoms with Gasteiger partial charge in [-0.05, 0) is 0 Å². The third-order valence-corrected chi connectivity index (χ3v) is 2.47. The zero-order valence-electron chi connectivity index (χ0n) is 10.7. The van der Waals surface area contributed by atoms with Crippen LogP contribution in [0.15, 0.2) is 0 Å². The number of alkyl halides is 6. The molecule has 0 saturated carbocycles. The lowest BCUT2D eigenvalue weighted by atomic mass is 10.1. The molecule has 0 aliphatic carbocycles. The van der Waals surface area contributed by atoms with Gasteiger partial charge in [-0.2, -0.15) is 0 Å². The van der Waals surface area contributed by atoms with Gasteiger partial charge in [-0.25, -0.2) is 0 Å². The van der Waals surface area contributed by atoms with Gasteiger partial charge in [0.05, 0.1) is 0 Å². The first-order valence-electron chi connectivity index (χ1n) is 6.00. The standard InChI is InChI=1S/C9H20.C2F6S/c1-3-5-7-9-8-6-4-2;3-1(4,5)9-2(6,7)8/h3-9H2,1-2H3;/p+1. The highest BCUT2D eigenvalue weighted by molar-refractivity contribution is 7.80. The fraction of sp³-hybridized carbons (Fsp3) is 1.00. The van der Waals surface area contributed by atoms with Gasteiger partial charge in [-0.3, -0.25) is 0 Å². The lowest BCUT2D eigenvalue weighted by Gasteiger charge is -1.97. The van der Waals surface area contributed by atoms with Crippen LogP contribution in [0.2, 0.25) is 0 Å². The predicted molar refractivity (Wildman–Crippen MR) is 64.5 cm³/mol. The fourth-order valence-corrected chi connectivity index (χ4v) is 1.46. The van der Waals surface area contributed by atoms with Crippen molar-refractivity contribution in [2.45, 2.75) is 69.8 Å². The quantitative estimate of drug-likeness (QED) is 0.259. The van der Waals surface area contributed by atoms with Crippen molar-refractivity contribution in [1.82, 2.24) is 0 Å².